The highest BCUT2D eigenvalue weighted by Crippen LogP contribution is 2.40. The van der Waals surface area contributed by atoms with E-state index in [0.29, 0.717) is 24.3 Å². The van der Waals surface area contributed by atoms with Crippen LogP contribution in [-0.2, 0) is 20.5 Å². The molecule has 1 aromatic rings. The molecule has 0 spiro atoms. The number of benzene rings is 1. The first-order valence-corrected chi connectivity index (χ1v) is 9.49. The van der Waals surface area contributed by atoms with E-state index in [1.807, 2.05) is 59.8 Å². The summed E-state index contributed by atoms with van der Waals surface area (Å²) >= 11 is 0. The van der Waals surface area contributed by atoms with Crippen LogP contribution in [0, 0.1) is 0 Å². The van der Waals surface area contributed by atoms with Crippen LogP contribution in [0.4, 0.5) is 4.79 Å². The number of urea groups is 1. The van der Waals surface area contributed by atoms with Crippen molar-refractivity contribution in [1.82, 2.24) is 9.96 Å². The van der Waals surface area contributed by atoms with Gasteiger partial charge in [-0.05, 0) is 41.0 Å². The third kappa shape index (κ3) is 4.38. The second-order valence-corrected chi connectivity index (χ2v) is 9.30. The van der Waals surface area contributed by atoms with Crippen molar-refractivity contribution in [1.29, 1.82) is 0 Å². The third-order valence-electron chi connectivity index (χ3n) is 4.99. The Bertz CT molecular complexity index is 778. The molecular weight excluding hydrogens is 356 g/mol. The van der Waals surface area contributed by atoms with Gasteiger partial charge in [0.05, 0.1) is 7.11 Å². The van der Waals surface area contributed by atoms with Crippen LogP contribution in [0.5, 0.6) is 5.75 Å². The van der Waals surface area contributed by atoms with E-state index in [9.17, 15) is 14.7 Å². The zero-order valence-electron chi connectivity index (χ0n) is 18.2. The van der Waals surface area contributed by atoms with Crippen LogP contribution in [0.25, 0.3) is 6.08 Å². The Kier molecular flexibility index (Phi) is 5.95. The van der Waals surface area contributed by atoms with Gasteiger partial charge in [-0.15, -0.1) is 0 Å². The zero-order valence-corrected chi connectivity index (χ0v) is 18.2. The fraction of sp³-hybridized carbons (Fsp3) is 0.545. The number of hydrogen-bond donors (Lipinski definition) is 1. The lowest BCUT2D eigenvalue weighted by Crippen LogP contribution is -2.41. The van der Waals surface area contributed by atoms with Crippen LogP contribution in [-0.4, -0.2) is 47.7 Å². The minimum atomic E-state index is -0.479. The maximum Gasteiger partial charge on any atom is 0.350 e. The maximum atomic E-state index is 12.7. The SMILES string of the molecule is CON(C)C(=O)N1CCC(=Cc2cc(C(C)(C)C)c(O)c(C(C)(C)C)c2)C1=O. The van der Waals surface area contributed by atoms with Crippen molar-refractivity contribution < 1.29 is 19.5 Å². The summed E-state index contributed by atoms with van der Waals surface area (Å²) in [5.41, 5.74) is 2.60. The number of hydroxylamine groups is 2. The molecule has 3 amide bonds. The molecule has 0 atom stereocenters. The standard InChI is InChI=1S/C22H32N2O4/c1-21(2,3)16-12-14(13-17(18(16)25)22(4,5)6)11-15-9-10-24(19(15)26)20(27)23(7)28-8/h11-13,25H,9-10H2,1-8H3. The van der Waals surface area contributed by atoms with Crippen LogP contribution in [0.1, 0.15) is 64.7 Å². The summed E-state index contributed by atoms with van der Waals surface area (Å²) < 4.78 is 0. The van der Waals surface area contributed by atoms with Crippen molar-refractivity contribution in [2.75, 3.05) is 20.7 Å². The lowest BCUT2D eigenvalue weighted by Gasteiger charge is -2.28. The predicted octanol–water partition coefficient (Wildman–Crippen LogP) is 4.22. The van der Waals surface area contributed by atoms with E-state index in [2.05, 4.69) is 0 Å². The van der Waals surface area contributed by atoms with Crippen molar-refractivity contribution in [3.8, 4) is 5.75 Å². The van der Waals surface area contributed by atoms with Crippen molar-refractivity contribution in [3.05, 3.63) is 34.4 Å². The summed E-state index contributed by atoms with van der Waals surface area (Å²) in [6.45, 7) is 12.6. The highest BCUT2D eigenvalue weighted by Gasteiger charge is 2.33. The molecule has 1 aliphatic heterocycles. The molecule has 0 aromatic heterocycles. The minimum Gasteiger partial charge on any atom is -0.507 e. The van der Waals surface area contributed by atoms with E-state index in [0.717, 1.165) is 21.8 Å². The summed E-state index contributed by atoms with van der Waals surface area (Å²) in [7, 11) is 2.86. The van der Waals surface area contributed by atoms with Gasteiger partial charge in [-0.1, -0.05) is 41.5 Å². The van der Waals surface area contributed by atoms with Gasteiger partial charge in [0.2, 0.25) is 0 Å². The molecule has 0 radical (unpaired) electrons. The molecule has 1 fully saturated rings. The third-order valence-corrected chi connectivity index (χ3v) is 4.99. The topological polar surface area (TPSA) is 70.1 Å². The molecular formula is C22H32N2O4. The van der Waals surface area contributed by atoms with Crippen molar-refractivity contribution in [3.63, 3.8) is 0 Å². The van der Waals surface area contributed by atoms with Gasteiger partial charge in [0.25, 0.3) is 5.91 Å². The molecule has 1 heterocycles. The number of carbonyl (C=O) groups excluding carboxylic acids is 2. The normalized spacial score (nSPS) is 16.8. The quantitative estimate of drug-likeness (QED) is 0.608. The number of rotatable bonds is 2. The molecule has 0 unspecified atom stereocenters. The zero-order chi connectivity index (χ0) is 21.4. The molecule has 2 rings (SSSR count). The number of nitrogens with zero attached hydrogens (tertiary/aromatic N) is 2. The van der Waals surface area contributed by atoms with Crippen molar-refractivity contribution in [2.45, 2.75) is 58.8 Å². The van der Waals surface area contributed by atoms with Crippen LogP contribution >= 0.6 is 0 Å². The molecule has 6 heteroatoms. The fourth-order valence-corrected chi connectivity index (χ4v) is 3.26. The number of aromatic hydroxyl groups is 1. The summed E-state index contributed by atoms with van der Waals surface area (Å²) in [5.74, 6) is -0.00462. The van der Waals surface area contributed by atoms with Crippen LogP contribution in [0.2, 0.25) is 0 Å². The first-order chi connectivity index (χ1) is 12.8. The molecule has 1 N–H and O–H groups in total. The lowest BCUT2D eigenvalue weighted by molar-refractivity contribution is -0.126. The smallest absolute Gasteiger partial charge is 0.350 e. The van der Waals surface area contributed by atoms with E-state index in [-0.39, 0.29) is 16.7 Å². The van der Waals surface area contributed by atoms with Crippen LogP contribution < -0.4 is 0 Å². The Balaban J connectivity index is 2.49. The van der Waals surface area contributed by atoms with E-state index in [1.165, 1.54) is 19.1 Å². The number of phenolic OH excluding ortho intramolecular Hbond substituents is 1. The number of amides is 3. The second-order valence-electron chi connectivity index (χ2n) is 9.30. The van der Waals surface area contributed by atoms with Gasteiger partial charge in [0.15, 0.2) is 0 Å². The van der Waals surface area contributed by atoms with Crippen LogP contribution in [0.15, 0.2) is 17.7 Å². The Morgan fingerprint density at radius 3 is 2.07 bits per heavy atom. The highest BCUT2D eigenvalue weighted by molar-refractivity contribution is 6.08. The largest absolute Gasteiger partial charge is 0.507 e. The first kappa shape index (κ1) is 22.0. The van der Waals surface area contributed by atoms with Gasteiger partial charge in [-0.25, -0.2) is 9.86 Å². The van der Waals surface area contributed by atoms with Gasteiger partial charge in [0.1, 0.15) is 5.75 Å². The summed E-state index contributed by atoms with van der Waals surface area (Å²) in [6, 6.07) is 3.38. The van der Waals surface area contributed by atoms with E-state index >= 15 is 0 Å². The number of phenols is 1. The maximum absolute atomic E-state index is 12.7. The molecule has 154 valence electrons. The van der Waals surface area contributed by atoms with Gasteiger partial charge in [-0.2, -0.15) is 0 Å². The predicted molar refractivity (Wildman–Crippen MR) is 110 cm³/mol. The first-order valence-electron chi connectivity index (χ1n) is 9.49. The average Bonchev–Trinajstić information content (AvgIpc) is 2.93. The van der Waals surface area contributed by atoms with Crippen LogP contribution in [0.3, 0.4) is 0 Å². The Hall–Kier alpha value is -2.34. The molecule has 0 aliphatic carbocycles. The number of likely N-dealkylation sites (tertiary alicyclic amines) is 1. The monoisotopic (exact) mass is 388 g/mol. The molecule has 1 aromatic carbocycles. The fourth-order valence-electron chi connectivity index (χ4n) is 3.26. The van der Waals surface area contributed by atoms with Gasteiger partial charge >= 0.3 is 6.03 Å². The molecule has 0 saturated carbocycles. The van der Waals surface area contributed by atoms with Crippen molar-refractivity contribution in [2.24, 2.45) is 0 Å². The Morgan fingerprint density at radius 1 is 1.14 bits per heavy atom. The van der Waals surface area contributed by atoms with Gasteiger partial charge in [-0.3, -0.25) is 14.5 Å². The lowest BCUT2D eigenvalue weighted by atomic mass is 9.78. The minimum absolute atomic E-state index is 0.249. The van der Waals surface area contributed by atoms with E-state index in [4.69, 9.17) is 4.84 Å². The van der Waals surface area contributed by atoms with Crippen molar-refractivity contribution >= 4 is 18.0 Å². The summed E-state index contributed by atoms with van der Waals surface area (Å²) in [6.07, 6.45) is 2.31. The second kappa shape index (κ2) is 7.59. The number of hydrogen-bond acceptors (Lipinski definition) is 4. The molecule has 6 nitrogen and oxygen atoms in total. The summed E-state index contributed by atoms with van der Waals surface area (Å²) in [4.78, 5) is 31.0. The molecule has 28 heavy (non-hydrogen) atoms. The average molecular weight is 389 g/mol. The van der Waals surface area contributed by atoms with E-state index < -0.39 is 6.03 Å². The van der Waals surface area contributed by atoms with E-state index in [1.54, 1.807) is 0 Å². The molecule has 1 saturated heterocycles. The van der Waals surface area contributed by atoms with Gasteiger partial charge in [0, 0.05) is 30.3 Å². The molecule has 1 aliphatic rings. The Labute approximate surface area is 167 Å². The summed E-state index contributed by atoms with van der Waals surface area (Å²) in [5, 5.41) is 11.9. The molecule has 0 bridgehead atoms. The Morgan fingerprint density at radius 2 is 1.64 bits per heavy atom. The number of imide groups is 1. The highest BCUT2D eigenvalue weighted by atomic mass is 16.7. The van der Waals surface area contributed by atoms with Gasteiger partial charge < -0.3 is 5.11 Å². The number of carbonyl (C=O) groups is 2.